The Kier molecular flexibility index (Phi) is 3.16. The fraction of sp³-hybridized carbons (Fsp3) is 0.417. The average molecular weight is 276 g/mol. The SMILES string of the molecule is CSc1nc(N)nc2c1ncn2[C@H]1C=C[C@@H](C[O])C1. The molecule has 0 unspecified atom stereocenters. The number of hydrogen-bond donors (Lipinski definition) is 1. The van der Waals surface area contributed by atoms with Crippen LogP contribution in [0.4, 0.5) is 5.95 Å². The molecule has 0 amide bonds. The molecular formula is C12H14N5OS. The molecule has 3 rings (SSSR count). The van der Waals surface area contributed by atoms with Crippen LogP contribution in [0, 0.1) is 5.92 Å². The van der Waals surface area contributed by atoms with Crippen LogP contribution in [0.2, 0.25) is 0 Å². The molecule has 0 saturated carbocycles. The first-order valence-corrected chi connectivity index (χ1v) is 7.26. The van der Waals surface area contributed by atoms with Gasteiger partial charge in [0.05, 0.1) is 19.0 Å². The van der Waals surface area contributed by atoms with E-state index in [9.17, 15) is 5.11 Å². The van der Waals surface area contributed by atoms with Gasteiger partial charge in [0, 0.05) is 5.92 Å². The molecule has 2 N–H and O–H groups in total. The number of nitrogens with zero attached hydrogens (tertiary/aromatic N) is 4. The Morgan fingerprint density at radius 2 is 2.32 bits per heavy atom. The van der Waals surface area contributed by atoms with Crippen LogP contribution in [-0.2, 0) is 5.11 Å². The molecule has 0 aromatic carbocycles. The predicted molar refractivity (Wildman–Crippen MR) is 73.4 cm³/mol. The van der Waals surface area contributed by atoms with E-state index in [1.807, 2.05) is 23.0 Å². The van der Waals surface area contributed by atoms with Gasteiger partial charge >= 0.3 is 0 Å². The number of allylic oxidation sites excluding steroid dienone is 1. The minimum Gasteiger partial charge on any atom is -0.368 e. The molecule has 1 aliphatic carbocycles. The van der Waals surface area contributed by atoms with E-state index in [2.05, 4.69) is 15.0 Å². The second-order valence-electron chi connectivity index (χ2n) is 4.53. The van der Waals surface area contributed by atoms with Crippen molar-refractivity contribution in [1.82, 2.24) is 19.5 Å². The van der Waals surface area contributed by atoms with Gasteiger partial charge in [0.2, 0.25) is 5.95 Å². The van der Waals surface area contributed by atoms with E-state index in [-0.39, 0.29) is 24.5 Å². The Labute approximate surface area is 114 Å². The van der Waals surface area contributed by atoms with Crippen LogP contribution in [-0.4, -0.2) is 32.4 Å². The Balaban J connectivity index is 2.06. The highest BCUT2D eigenvalue weighted by Gasteiger charge is 2.23. The van der Waals surface area contributed by atoms with Crippen LogP contribution in [0.15, 0.2) is 23.5 Å². The van der Waals surface area contributed by atoms with Crippen molar-refractivity contribution < 1.29 is 5.11 Å². The van der Waals surface area contributed by atoms with Crippen LogP contribution < -0.4 is 5.73 Å². The Hall–Kier alpha value is -1.60. The summed E-state index contributed by atoms with van der Waals surface area (Å²) >= 11 is 1.50. The van der Waals surface area contributed by atoms with Crippen molar-refractivity contribution in [2.75, 3.05) is 18.6 Å². The average Bonchev–Trinajstić information content (AvgIpc) is 3.03. The van der Waals surface area contributed by atoms with E-state index in [0.29, 0.717) is 0 Å². The fourth-order valence-electron chi connectivity index (χ4n) is 2.37. The van der Waals surface area contributed by atoms with Gasteiger partial charge in [0.25, 0.3) is 0 Å². The van der Waals surface area contributed by atoms with Crippen molar-refractivity contribution in [2.45, 2.75) is 17.5 Å². The summed E-state index contributed by atoms with van der Waals surface area (Å²) in [4.78, 5) is 12.8. The quantitative estimate of drug-likeness (QED) is 0.523. The number of aromatic nitrogens is 4. The van der Waals surface area contributed by atoms with Crippen molar-refractivity contribution in [3.05, 3.63) is 18.5 Å². The zero-order chi connectivity index (χ0) is 13.4. The summed E-state index contributed by atoms with van der Waals surface area (Å²) in [6.45, 7) is -0.0766. The molecule has 2 aromatic heterocycles. The lowest BCUT2D eigenvalue weighted by Gasteiger charge is -2.12. The maximum atomic E-state index is 10.9. The number of rotatable bonds is 3. The van der Waals surface area contributed by atoms with Crippen molar-refractivity contribution >= 4 is 28.9 Å². The molecule has 7 heteroatoms. The predicted octanol–water partition coefficient (Wildman–Crippen LogP) is 1.68. The van der Waals surface area contributed by atoms with Crippen molar-refractivity contribution in [2.24, 2.45) is 5.92 Å². The molecule has 2 aromatic rings. The largest absolute Gasteiger partial charge is 0.368 e. The monoisotopic (exact) mass is 276 g/mol. The van der Waals surface area contributed by atoms with E-state index < -0.39 is 0 Å². The maximum Gasteiger partial charge on any atom is 0.223 e. The first kappa shape index (κ1) is 12.4. The van der Waals surface area contributed by atoms with Crippen molar-refractivity contribution in [1.29, 1.82) is 0 Å². The molecule has 0 fully saturated rings. The summed E-state index contributed by atoms with van der Waals surface area (Å²) in [6.07, 6.45) is 8.50. The van der Waals surface area contributed by atoms with Gasteiger partial charge in [0.15, 0.2) is 5.65 Å². The summed E-state index contributed by atoms with van der Waals surface area (Å²) in [5.41, 5.74) is 7.23. The maximum absolute atomic E-state index is 10.9. The molecule has 0 saturated heterocycles. The van der Waals surface area contributed by atoms with E-state index >= 15 is 0 Å². The number of anilines is 1. The summed E-state index contributed by atoms with van der Waals surface area (Å²) in [6, 6.07) is 0.132. The van der Waals surface area contributed by atoms with Gasteiger partial charge in [-0.1, -0.05) is 12.2 Å². The van der Waals surface area contributed by atoms with Gasteiger partial charge in [-0.3, -0.25) is 0 Å². The third kappa shape index (κ3) is 2.08. The van der Waals surface area contributed by atoms with E-state index in [1.54, 1.807) is 6.33 Å². The Morgan fingerprint density at radius 3 is 3.00 bits per heavy atom. The van der Waals surface area contributed by atoms with Crippen LogP contribution in [0.1, 0.15) is 12.5 Å². The lowest BCUT2D eigenvalue weighted by Crippen LogP contribution is -2.08. The van der Waals surface area contributed by atoms with Crippen molar-refractivity contribution in [3.63, 3.8) is 0 Å². The molecule has 6 nitrogen and oxygen atoms in total. The number of nitrogen functional groups attached to an aromatic ring is 1. The number of imidazole rings is 1. The van der Waals surface area contributed by atoms with Crippen LogP contribution in [0.3, 0.4) is 0 Å². The minimum atomic E-state index is -0.0766. The van der Waals surface area contributed by atoms with Gasteiger partial charge in [-0.15, -0.1) is 11.8 Å². The highest BCUT2D eigenvalue weighted by Crippen LogP contribution is 2.31. The van der Waals surface area contributed by atoms with Gasteiger partial charge in [0.1, 0.15) is 10.5 Å². The van der Waals surface area contributed by atoms with Crippen LogP contribution in [0.25, 0.3) is 11.2 Å². The second kappa shape index (κ2) is 4.82. The normalized spacial score (nSPS) is 22.4. The fourth-order valence-corrected chi connectivity index (χ4v) is 2.90. The van der Waals surface area contributed by atoms with E-state index in [0.717, 1.165) is 22.6 Å². The van der Waals surface area contributed by atoms with Crippen LogP contribution in [0.5, 0.6) is 0 Å². The summed E-state index contributed by atoms with van der Waals surface area (Å²) in [7, 11) is 0. The molecule has 2 heterocycles. The third-order valence-electron chi connectivity index (χ3n) is 3.32. The smallest absolute Gasteiger partial charge is 0.223 e. The number of nitrogens with two attached hydrogens (primary N) is 1. The summed E-state index contributed by atoms with van der Waals surface area (Å²) in [5.74, 6) is 0.350. The zero-order valence-electron chi connectivity index (χ0n) is 10.5. The lowest BCUT2D eigenvalue weighted by atomic mass is 10.1. The lowest BCUT2D eigenvalue weighted by molar-refractivity contribution is 0.158. The summed E-state index contributed by atoms with van der Waals surface area (Å²) in [5, 5.41) is 11.7. The van der Waals surface area contributed by atoms with E-state index in [1.165, 1.54) is 11.8 Å². The standard InChI is InChI=1S/C12H14N5OS/c1-19-11-9-10(15-12(13)16-11)17(6-14-9)8-3-2-7(4-8)5-18/h2-3,6-8H,4-5H2,1H3,(H2,13,15,16)/t7-,8+/m1/s1. The molecule has 2 atom stereocenters. The van der Waals surface area contributed by atoms with Gasteiger partial charge in [-0.05, 0) is 12.7 Å². The highest BCUT2D eigenvalue weighted by molar-refractivity contribution is 7.98. The molecule has 1 aliphatic rings. The van der Waals surface area contributed by atoms with E-state index in [4.69, 9.17) is 5.73 Å². The van der Waals surface area contributed by atoms with Crippen molar-refractivity contribution in [3.8, 4) is 0 Å². The highest BCUT2D eigenvalue weighted by atomic mass is 32.2. The summed E-state index contributed by atoms with van der Waals surface area (Å²) < 4.78 is 1.97. The van der Waals surface area contributed by atoms with Gasteiger partial charge < -0.3 is 10.3 Å². The number of fused-ring (bicyclic) bond motifs is 1. The van der Waals surface area contributed by atoms with Gasteiger partial charge in [-0.25, -0.2) is 15.1 Å². The van der Waals surface area contributed by atoms with Crippen LogP contribution >= 0.6 is 11.8 Å². The number of hydrogen-bond acceptors (Lipinski definition) is 5. The Morgan fingerprint density at radius 1 is 1.47 bits per heavy atom. The molecule has 19 heavy (non-hydrogen) atoms. The first-order valence-electron chi connectivity index (χ1n) is 6.03. The molecule has 1 radical (unpaired) electrons. The topological polar surface area (TPSA) is 89.5 Å². The van der Waals surface area contributed by atoms with Gasteiger partial charge in [-0.2, -0.15) is 4.98 Å². The molecule has 0 aliphatic heterocycles. The number of thioether (sulfide) groups is 1. The first-order chi connectivity index (χ1) is 9.22. The Bertz CT molecular complexity index is 638. The second-order valence-corrected chi connectivity index (χ2v) is 5.32. The molecule has 99 valence electrons. The minimum absolute atomic E-state index is 0.0766. The third-order valence-corrected chi connectivity index (χ3v) is 3.99. The molecule has 0 spiro atoms. The molecular weight excluding hydrogens is 262 g/mol. The zero-order valence-corrected chi connectivity index (χ0v) is 11.3. The molecule has 0 bridgehead atoms.